The number of nitrogens with zero attached hydrogens (tertiary/aromatic N) is 3. The molecule has 0 amide bonds. The number of hydrogen-bond acceptors (Lipinski definition) is 5. The van der Waals surface area contributed by atoms with E-state index in [9.17, 15) is 4.21 Å². The van der Waals surface area contributed by atoms with E-state index in [2.05, 4.69) is 35.1 Å². The fraction of sp³-hybridized carbons (Fsp3) is 0.500. The third kappa shape index (κ3) is 3.59. The summed E-state index contributed by atoms with van der Waals surface area (Å²) in [6.45, 7) is 6.34. The maximum absolute atomic E-state index is 13.4. The van der Waals surface area contributed by atoms with Gasteiger partial charge in [-0.25, -0.2) is 14.2 Å². The summed E-state index contributed by atoms with van der Waals surface area (Å²) in [5, 5.41) is 2.99. The molecule has 0 aliphatic carbocycles. The SMILES string of the molecule is CC(C)(C)c1csc(N=S2(=O)CCCC2c2ccc(Cl)nc2)n1. The quantitative estimate of drug-likeness (QED) is 0.690. The van der Waals surface area contributed by atoms with E-state index >= 15 is 0 Å². The molecule has 1 aliphatic rings. The summed E-state index contributed by atoms with van der Waals surface area (Å²) in [7, 11) is -2.36. The van der Waals surface area contributed by atoms with E-state index in [0.29, 0.717) is 16.0 Å². The maximum atomic E-state index is 13.4. The lowest BCUT2D eigenvalue weighted by Gasteiger charge is -2.14. The molecule has 3 rings (SSSR count). The van der Waals surface area contributed by atoms with Crippen LogP contribution in [0, 0.1) is 0 Å². The summed E-state index contributed by atoms with van der Waals surface area (Å²) in [5.74, 6) is 0.616. The van der Waals surface area contributed by atoms with E-state index in [-0.39, 0.29) is 10.7 Å². The Kier molecular flexibility index (Phi) is 4.51. The van der Waals surface area contributed by atoms with Crippen molar-refractivity contribution < 1.29 is 4.21 Å². The lowest BCUT2D eigenvalue weighted by atomic mass is 9.93. The molecular formula is C16H20ClN3OS2. The standard InChI is InChI=1S/C16H20ClN3OS2/c1-16(2,3)13-10-22-15(19-13)20-23(21)8-4-5-12(23)11-6-7-14(17)18-9-11/h6-7,9-10,12H,4-5,8H2,1-3H3. The summed E-state index contributed by atoms with van der Waals surface area (Å²) in [4.78, 5) is 8.69. The van der Waals surface area contributed by atoms with Gasteiger partial charge in [0.1, 0.15) is 5.15 Å². The fourth-order valence-corrected chi connectivity index (χ4v) is 6.58. The Bertz CT molecular complexity index is 815. The second kappa shape index (κ2) is 6.15. The number of halogens is 1. The van der Waals surface area contributed by atoms with Crippen LogP contribution in [0.2, 0.25) is 5.15 Å². The minimum Gasteiger partial charge on any atom is -0.249 e. The largest absolute Gasteiger partial charge is 0.249 e. The van der Waals surface area contributed by atoms with Gasteiger partial charge in [0.2, 0.25) is 5.13 Å². The smallest absolute Gasteiger partial charge is 0.217 e. The van der Waals surface area contributed by atoms with Gasteiger partial charge in [-0.15, -0.1) is 11.3 Å². The first-order valence-corrected chi connectivity index (χ1v) is 10.6. The third-order valence-corrected chi connectivity index (χ3v) is 7.79. The molecule has 2 aromatic rings. The number of aromatic nitrogens is 2. The summed E-state index contributed by atoms with van der Waals surface area (Å²) in [5.41, 5.74) is 1.92. The first-order chi connectivity index (χ1) is 10.8. The summed E-state index contributed by atoms with van der Waals surface area (Å²) < 4.78 is 17.9. The van der Waals surface area contributed by atoms with Gasteiger partial charge in [0.15, 0.2) is 0 Å². The molecule has 0 bridgehead atoms. The van der Waals surface area contributed by atoms with Crippen LogP contribution in [0.4, 0.5) is 5.13 Å². The van der Waals surface area contributed by atoms with Crippen LogP contribution in [0.15, 0.2) is 28.1 Å². The van der Waals surface area contributed by atoms with Gasteiger partial charge >= 0.3 is 0 Å². The Balaban J connectivity index is 1.97. The lowest BCUT2D eigenvalue weighted by Crippen LogP contribution is -2.11. The predicted molar refractivity (Wildman–Crippen MR) is 97.1 cm³/mol. The average Bonchev–Trinajstić information content (AvgIpc) is 3.07. The molecule has 1 aliphatic heterocycles. The molecule has 1 saturated heterocycles. The van der Waals surface area contributed by atoms with E-state index in [1.165, 1.54) is 11.3 Å². The zero-order valence-corrected chi connectivity index (χ0v) is 15.8. The molecule has 2 atom stereocenters. The molecule has 1 fully saturated rings. The highest BCUT2D eigenvalue weighted by Gasteiger charge is 2.32. The van der Waals surface area contributed by atoms with Crippen LogP contribution in [0.25, 0.3) is 0 Å². The van der Waals surface area contributed by atoms with Crippen molar-refractivity contribution in [2.75, 3.05) is 5.75 Å². The van der Waals surface area contributed by atoms with Crippen molar-refractivity contribution in [2.24, 2.45) is 4.36 Å². The van der Waals surface area contributed by atoms with Crippen LogP contribution in [0.5, 0.6) is 0 Å². The monoisotopic (exact) mass is 369 g/mol. The summed E-state index contributed by atoms with van der Waals surface area (Å²) >= 11 is 7.32. The molecule has 4 nitrogen and oxygen atoms in total. The topological polar surface area (TPSA) is 55.2 Å². The molecule has 23 heavy (non-hydrogen) atoms. The van der Waals surface area contributed by atoms with Crippen molar-refractivity contribution in [3.8, 4) is 0 Å². The highest BCUT2D eigenvalue weighted by molar-refractivity contribution is 7.94. The second-order valence-electron chi connectivity index (χ2n) is 6.80. The highest BCUT2D eigenvalue weighted by Crippen LogP contribution is 2.39. The molecular weight excluding hydrogens is 350 g/mol. The van der Waals surface area contributed by atoms with E-state index < -0.39 is 9.73 Å². The fourth-order valence-electron chi connectivity index (χ4n) is 2.65. The lowest BCUT2D eigenvalue weighted by molar-refractivity contribution is 0.573. The van der Waals surface area contributed by atoms with Gasteiger partial charge in [-0.3, -0.25) is 0 Å². The predicted octanol–water partition coefficient (Wildman–Crippen LogP) is 5.12. The summed E-state index contributed by atoms with van der Waals surface area (Å²) in [6, 6.07) is 3.65. The molecule has 0 spiro atoms. The number of rotatable bonds is 2. The summed E-state index contributed by atoms with van der Waals surface area (Å²) in [6.07, 6.45) is 3.49. The molecule has 0 saturated carbocycles. The van der Waals surface area contributed by atoms with Gasteiger partial charge in [-0.2, -0.15) is 4.36 Å². The zero-order valence-electron chi connectivity index (χ0n) is 13.5. The molecule has 7 heteroatoms. The maximum Gasteiger partial charge on any atom is 0.217 e. The van der Waals surface area contributed by atoms with E-state index in [1.54, 1.807) is 12.3 Å². The van der Waals surface area contributed by atoms with E-state index in [0.717, 1.165) is 24.1 Å². The Morgan fingerprint density at radius 2 is 2.17 bits per heavy atom. The van der Waals surface area contributed by atoms with Crippen LogP contribution >= 0.6 is 22.9 Å². The van der Waals surface area contributed by atoms with Crippen molar-refractivity contribution in [2.45, 2.75) is 44.3 Å². The van der Waals surface area contributed by atoms with Gasteiger partial charge in [-0.1, -0.05) is 38.4 Å². The van der Waals surface area contributed by atoms with Crippen LogP contribution in [-0.4, -0.2) is 19.9 Å². The van der Waals surface area contributed by atoms with Gasteiger partial charge < -0.3 is 0 Å². The Labute approximate surface area is 146 Å². The third-order valence-electron chi connectivity index (χ3n) is 3.96. The van der Waals surface area contributed by atoms with Gasteiger partial charge in [-0.05, 0) is 24.5 Å². The van der Waals surface area contributed by atoms with Gasteiger partial charge in [0.25, 0.3) is 0 Å². The first kappa shape index (κ1) is 16.9. The highest BCUT2D eigenvalue weighted by atomic mass is 35.5. The van der Waals surface area contributed by atoms with E-state index in [4.69, 9.17) is 11.6 Å². The number of hydrogen-bond donors (Lipinski definition) is 0. The number of thiazole rings is 1. The van der Waals surface area contributed by atoms with Crippen LogP contribution in [-0.2, 0) is 15.1 Å². The second-order valence-corrected chi connectivity index (χ2v) is 10.6. The average molecular weight is 370 g/mol. The van der Waals surface area contributed by atoms with Crippen molar-refractivity contribution in [1.82, 2.24) is 9.97 Å². The number of pyridine rings is 1. The molecule has 2 aromatic heterocycles. The Morgan fingerprint density at radius 1 is 1.39 bits per heavy atom. The van der Waals surface area contributed by atoms with Crippen LogP contribution < -0.4 is 0 Å². The molecule has 0 aromatic carbocycles. The minimum absolute atomic E-state index is 0.0230. The Hall–Kier alpha value is -0.980. The van der Waals surface area contributed by atoms with Crippen LogP contribution in [0.3, 0.4) is 0 Å². The van der Waals surface area contributed by atoms with Crippen molar-refractivity contribution in [1.29, 1.82) is 0 Å². The van der Waals surface area contributed by atoms with Crippen LogP contribution in [0.1, 0.15) is 50.1 Å². The molecule has 3 heterocycles. The van der Waals surface area contributed by atoms with E-state index in [1.807, 2.05) is 11.4 Å². The normalized spacial score (nSPS) is 24.8. The van der Waals surface area contributed by atoms with Crippen molar-refractivity contribution in [3.63, 3.8) is 0 Å². The van der Waals surface area contributed by atoms with Gasteiger partial charge in [0.05, 0.1) is 20.7 Å². The molecule has 124 valence electrons. The first-order valence-electron chi connectivity index (χ1n) is 7.59. The van der Waals surface area contributed by atoms with Crippen molar-refractivity contribution >= 4 is 37.8 Å². The molecule has 0 N–H and O–H groups in total. The molecule has 2 unspecified atom stereocenters. The Morgan fingerprint density at radius 3 is 2.78 bits per heavy atom. The minimum atomic E-state index is -2.36. The molecule has 0 radical (unpaired) electrons. The van der Waals surface area contributed by atoms with Gasteiger partial charge in [0, 0.05) is 22.7 Å². The zero-order chi connectivity index (χ0) is 16.7. The van der Waals surface area contributed by atoms with Crippen molar-refractivity contribution in [3.05, 3.63) is 40.1 Å².